The minimum absolute atomic E-state index is 0.294. The molecule has 0 radical (unpaired) electrons. The molecule has 1 fully saturated rings. The van der Waals surface area contributed by atoms with Gasteiger partial charge < -0.3 is 10.5 Å². The maximum absolute atomic E-state index is 13.3. The van der Waals surface area contributed by atoms with Gasteiger partial charge in [-0.1, -0.05) is 0 Å². The molecule has 14 heavy (non-hydrogen) atoms. The Kier molecular flexibility index (Phi) is 2.27. The minimum Gasteiger partial charge on any atom is -0.496 e. The number of benzene rings is 1. The summed E-state index contributed by atoms with van der Waals surface area (Å²) in [5.74, 6) is 0.357. The number of methoxy groups -OCH3 is 1. The molecule has 0 atom stereocenters. The second kappa shape index (κ2) is 3.21. The van der Waals surface area contributed by atoms with Crippen LogP contribution in [0, 0.1) is 5.82 Å². The Morgan fingerprint density at radius 1 is 1.50 bits per heavy atom. The fraction of sp³-hybridized carbons (Fsp3) is 0.400. The molecule has 1 aliphatic rings. The monoisotopic (exact) mass is 259 g/mol. The number of hydrogen-bond acceptors (Lipinski definition) is 2. The van der Waals surface area contributed by atoms with E-state index < -0.39 is 0 Å². The highest BCUT2D eigenvalue weighted by Gasteiger charge is 2.42. The van der Waals surface area contributed by atoms with Crippen molar-refractivity contribution in [2.24, 2.45) is 5.73 Å². The summed E-state index contributed by atoms with van der Waals surface area (Å²) in [5, 5.41) is 0. The molecule has 1 aromatic rings. The van der Waals surface area contributed by atoms with E-state index in [9.17, 15) is 4.39 Å². The van der Waals surface area contributed by atoms with E-state index in [2.05, 4.69) is 15.9 Å². The zero-order valence-electron chi connectivity index (χ0n) is 7.81. The van der Waals surface area contributed by atoms with Gasteiger partial charge in [0.05, 0.1) is 11.6 Å². The van der Waals surface area contributed by atoms with Gasteiger partial charge in [0.2, 0.25) is 0 Å². The molecular formula is C10H11BrFNO. The van der Waals surface area contributed by atoms with Crippen LogP contribution >= 0.6 is 15.9 Å². The Bertz CT molecular complexity index is 377. The zero-order chi connectivity index (χ0) is 10.3. The molecule has 2 nitrogen and oxygen atoms in total. The molecule has 1 saturated carbocycles. The summed E-state index contributed by atoms with van der Waals surface area (Å²) >= 11 is 3.11. The van der Waals surface area contributed by atoms with Gasteiger partial charge in [-0.2, -0.15) is 0 Å². The molecule has 1 aliphatic carbocycles. The quantitative estimate of drug-likeness (QED) is 0.886. The fourth-order valence-electron chi connectivity index (χ4n) is 1.49. The Labute approximate surface area is 90.4 Å². The highest BCUT2D eigenvalue weighted by molar-refractivity contribution is 9.10. The number of ether oxygens (including phenoxy) is 1. The van der Waals surface area contributed by atoms with Crippen molar-refractivity contribution < 1.29 is 9.13 Å². The average Bonchev–Trinajstić information content (AvgIpc) is 2.89. The van der Waals surface area contributed by atoms with E-state index in [0.29, 0.717) is 10.2 Å². The number of hydrogen-bond donors (Lipinski definition) is 1. The molecule has 0 saturated heterocycles. The van der Waals surface area contributed by atoms with E-state index in [-0.39, 0.29) is 11.4 Å². The maximum Gasteiger partial charge on any atom is 0.137 e. The van der Waals surface area contributed by atoms with Crippen LogP contribution in [-0.4, -0.2) is 7.11 Å². The summed E-state index contributed by atoms with van der Waals surface area (Å²) in [6, 6.07) is 3.08. The van der Waals surface area contributed by atoms with Crippen LogP contribution in [0.25, 0.3) is 0 Å². The summed E-state index contributed by atoms with van der Waals surface area (Å²) in [5.41, 5.74) is 6.40. The summed E-state index contributed by atoms with van der Waals surface area (Å²) in [7, 11) is 1.56. The largest absolute Gasteiger partial charge is 0.496 e. The molecule has 0 unspecified atom stereocenters. The first-order valence-electron chi connectivity index (χ1n) is 4.39. The normalized spacial score (nSPS) is 18.0. The smallest absolute Gasteiger partial charge is 0.137 e. The number of nitrogens with two attached hydrogens (primary N) is 1. The highest BCUT2D eigenvalue weighted by Crippen LogP contribution is 2.47. The van der Waals surface area contributed by atoms with Crippen LogP contribution in [0.2, 0.25) is 0 Å². The maximum atomic E-state index is 13.3. The van der Waals surface area contributed by atoms with Gasteiger partial charge in [-0.25, -0.2) is 4.39 Å². The third kappa shape index (κ3) is 1.53. The standard InChI is InChI=1S/C10H11BrFNO/c1-14-9-5-7(11)8(12)4-6(9)10(13)2-3-10/h4-5H,2-3,13H2,1H3. The molecule has 1 aromatic carbocycles. The van der Waals surface area contributed by atoms with Gasteiger partial charge in [-0.3, -0.25) is 0 Å². The van der Waals surface area contributed by atoms with Crippen molar-refractivity contribution in [1.29, 1.82) is 0 Å². The Hall–Kier alpha value is -0.610. The zero-order valence-corrected chi connectivity index (χ0v) is 9.40. The van der Waals surface area contributed by atoms with Crippen LogP contribution in [-0.2, 0) is 5.54 Å². The van der Waals surface area contributed by atoms with Crippen molar-refractivity contribution in [2.45, 2.75) is 18.4 Å². The molecule has 4 heteroatoms. The van der Waals surface area contributed by atoms with Crippen molar-refractivity contribution in [3.8, 4) is 5.75 Å². The molecule has 0 aromatic heterocycles. The van der Waals surface area contributed by atoms with Crippen molar-refractivity contribution in [2.75, 3.05) is 7.11 Å². The van der Waals surface area contributed by atoms with Crippen LogP contribution in [0.5, 0.6) is 5.75 Å². The van der Waals surface area contributed by atoms with Gasteiger partial charge in [0, 0.05) is 11.1 Å². The van der Waals surface area contributed by atoms with E-state index in [4.69, 9.17) is 10.5 Å². The SMILES string of the molecule is COc1cc(Br)c(F)cc1C1(N)CC1. The van der Waals surface area contributed by atoms with Gasteiger partial charge in [0.1, 0.15) is 11.6 Å². The van der Waals surface area contributed by atoms with Gasteiger partial charge in [0.15, 0.2) is 0 Å². The Balaban J connectivity index is 2.52. The molecule has 76 valence electrons. The van der Waals surface area contributed by atoms with Crippen LogP contribution in [0.4, 0.5) is 4.39 Å². The first-order chi connectivity index (χ1) is 6.57. The first kappa shape index (κ1) is 9.93. The van der Waals surface area contributed by atoms with Crippen molar-refractivity contribution in [3.05, 3.63) is 28.0 Å². The average molecular weight is 260 g/mol. The predicted molar refractivity (Wildman–Crippen MR) is 55.8 cm³/mol. The molecule has 2 N–H and O–H groups in total. The summed E-state index contributed by atoms with van der Waals surface area (Å²) in [6.07, 6.45) is 1.79. The van der Waals surface area contributed by atoms with E-state index in [1.54, 1.807) is 13.2 Å². The molecule has 0 bridgehead atoms. The first-order valence-corrected chi connectivity index (χ1v) is 5.18. The second-order valence-electron chi connectivity index (χ2n) is 3.62. The van der Waals surface area contributed by atoms with Gasteiger partial charge >= 0.3 is 0 Å². The molecular weight excluding hydrogens is 249 g/mol. The third-order valence-corrected chi connectivity index (χ3v) is 3.18. The lowest BCUT2D eigenvalue weighted by Crippen LogP contribution is -2.20. The van der Waals surface area contributed by atoms with Crippen molar-refractivity contribution in [1.82, 2.24) is 0 Å². The van der Waals surface area contributed by atoms with Crippen LogP contribution in [0.3, 0.4) is 0 Å². The Morgan fingerprint density at radius 3 is 2.64 bits per heavy atom. The minimum atomic E-state index is -0.368. The van der Waals surface area contributed by atoms with Gasteiger partial charge in [-0.05, 0) is 40.9 Å². The van der Waals surface area contributed by atoms with E-state index in [1.807, 2.05) is 0 Å². The topological polar surface area (TPSA) is 35.2 Å². The number of rotatable bonds is 2. The lowest BCUT2D eigenvalue weighted by molar-refractivity contribution is 0.402. The summed E-state index contributed by atoms with van der Waals surface area (Å²) in [4.78, 5) is 0. The van der Waals surface area contributed by atoms with Crippen LogP contribution in [0.15, 0.2) is 16.6 Å². The predicted octanol–water partition coefficient (Wildman–Crippen LogP) is 2.54. The van der Waals surface area contributed by atoms with Gasteiger partial charge in [0.25, 0.3) is 0 Å². The lowest BCUT2D eigenvalue weighted by Gasteiger charge is -2.14. The van der Waals surface area contributed by atoms with Crippen molar-refractivity contribution >= 4 is 15.9 Å². The second-order valence-corrected chi connectivity index (χ2v) is 4.48. The van der Waals surface area contributed by atoms with Gasteiger partial charge in [-0.15, -0.1) is 0 Å². The van der Waals surface area contributed by atoms with E-state index in [1.165, 1.54) is 6.07 Å². The Morgan fingerprint density at radius 2 is 2.14 bits per heavy atom. The molecule has 2 rings (SSSR count). The molecule has 0 aliphatic heterocycles. The molecule has 0 spiro atoms. The molecule has 0 heterocycles. The van der Waals surface area contributed by atoms with E-state index >= 15 is 0 Å². The highest BCUT2D eigenvalue weighted by atomic mass is 79.9. The summed E-state index contributed by atoms with van der Waals surface area (Å²) in [6.45, 7) is 0. The van der Waals surface area contributed by atoms with Crippen molar-refractivity contribution in [3.63, 3.8) is 0 Å². The number of halogens is 2. The van der Waals surface area contributed by atoms with Crippen LogP contribution in [0.1, 0.15) is 18.4 Å². The summed E-state index contributed by atoms with van der Waals surface area (Å²) < 4.78 is 18.9. The molecule has 0 amide bonds. The lowest BCUT2D eigenvalue weighted by atomic mass is 10.0. The van der Waals surface area contributed by atoms with E-state index in [0.717, 1.165) is 18.4 Å². The fourth-order valence-corrected chi connectivity index (χ4v) is 1.81. The third-order valence-electron chi connectivity index (χ3n) is 2.57. The van der Waals surface area contributed by atoms with Crippen LogP contribution < -0.4 is 10.5 Å².